The molecule has 0 saturated carbocycles. The highest BCUT2D eigenvalue weighted by molar-refractivity contribution is 9.10. The third kappa shape index (κ3) is 3.30. The van der Waals surface area contributed by atoms with Crippen LogP contribution in [0.4, 0.5) is 5.69 Å². The van der Waals surface area contributed by atoms with Crippen LogP contribution in [0.2, 0.25) is 5.15 Å². The summed E-state index contributed by atoms with van der Waals surface area (Å²) >= 11 is 9.07. The van der Waals surface area contributed by atoms with Crippen LogP contribution < -0.4 is 5.32 Å². The zero-order chi connectivity index (χ0) is 14.0. The summed E-state index contributed by atoms with van der Waals surface area (Å²) in [5, 5.41) is 3.06. The van der Waals surface area contributed by atoms with Crippen molar-refractivity contribution in [1.29, 1.82) is 0 Å². The van der Waals surface area contributed by atoms with E-state index in [0.717, 1.165) is 21.3 Å². The zero-order valence-electron chi connectivity index (χ0n) is 10.4. The maximum atomic E-state index is 12.0. The minimum atomic E-state index is -0.322. The topological polar surface area (TPSA) is 54.9 Å². The number of aryl methyl sites for hydroxylation is 2. The van der Waals surface area contributed by atoms with Crippen molar-refractivity contribution >= 4 is 39.1 Å². The Labute approximate surface area is 124 Å². The van der Waals surface area contributed by atoms with Crippen LogP contribution in [0.1, 0.15) is 21.6 Å². The second-order valence-electron chi connectivity index (χ2n) is 4.12. The lowest BCUT2D eigenvalue weighted by Gasteiger charge is -2.11. The average molecular weight is 341 g/mol. The molecule has 4 nitrogen and oxygen atoms in total. The van der Waals surface area contributed by atoms with Gasteiger partial charge in [0.1, 0.15) is 10.8 Å². The number of aromatic nitrogens is 2. The number of carbonyl (C=O) groups is 1. The Morgan fingerprint density at radius 3 is 2.58 bits per heavy atom. The third-order valence-electron chi connectivity index (χ3n) is 2.52. The molecule has 0 spiro atoms. The quantitative estimate of drug-likeness (QED) is 0.905. The third-order valence-corrected chi connectivity index (χ3v) is 3.34. The lowest BCUT2D eigenvalue weighted by molar-refractivity contribution is 0.102. The lowest BCUT2D eigenvalue weighted by atomic mass is 10.1. The first-order valence-electron chi connectivity index (χ1n) is 5.53. The number of nitrogens with one attached hydrogen (secondary N) is 1. The molecule has 0 atom stereocenters. The van der Waals surface area contributed by atoms with E-state index in [9.17, 15) is 4.79 Å². The number of amides is 1. The Morgan fingerprint density at radius 1 is 1.26 bits per heavy atom. The molecule has 1 amide bonds. The Hall–Kier alpha value is -1.46. The van der Waals surface area contributed by atoms with Crippen molar-refractivity contribution in [3.05, 3.63) is 51.0 Å². The van der Waals surface area contributed by atoms with E-state index in [1.54, 1.807) is 0 Å². The molecule has 19 heavy (non-hydrogen) atoms. The molecule has 0 saturated heterocycles. The number of hydrogen-bond donors (Lipinski definition) is 1. The summed E-state index contributed by atoms with van der Waals surface area (Å²) in [7, 11) is 0. The summed E-state index contributed by atoms with van der Waals surface area (Å²) in [6.07, 6.45) is 2.68. The van der Waals surface area contributed by atoms with E-state index < -0.39 is 0 Å². The van der Waals surface area contributed by atoms with Crippen molar-refractivity contribution in [2.75, 3.05) is 5.32 Å². The van der Waals surface area contributed by atoms with Gasteiger partial charge in [0.15, 0.2) is 0 Å². The summed E-state index contributed by atoms with van der Waals surface area (Å²) in [5.74, 6) is -0.322. The van der Waals surface area contributed by atoms with Crippen molar-refractivity contribution in [2.24, 2.45) is 0 Å². The Balaban J connectivity index is 2.26. The van der Waals surface area contributed by atoms with Crippen LogP contribution in [0, 0.1) is 13.8 Å². The molecule has 1 heterocycles. The molecule has 2 aromatic rings. The fraction of sp³-hybridized carbons (Fsp3) is 0.154. The van der Waals surface area contributed by atoms with Gasteiger partial charge < -0.3 is 5.32 Å². The van der Waals surface area contributed by atoms with Crippen molar-refractivity contribution in [3.63, 3.8) is 0 Å². The molecule has 98 valence electrons. The fourth-order valence-electron chi connectivity index (χ4n) is 1.68. The van der Waals surface area contributed by atoms with Gasteiger partial charge in [0.05, 0.1) is 18.1 Å². The Morgan fingerprint density at radius 2 is 2.00 bits per heavy atom. The van der Waals surface area contributed by atoms with E-state index >= 15 is 0 Å². The lowest BCUT2D eigenvalue weighted by Crippen LogP contribution is -2.15. The summed E-state index contributed by atoms with van der Waals surface area (Å²) in [4.78, 5) is 19.8. The molecule has 1 N–H and O–H groups in total. The Bertz CT molecular complexity index is 605. The SMILES string of the molecule is Cc1cc(C)c(NC(=O)c2cnc(Cl)cn2)c(Br)c1. The first-order valence-corrected chi connectivity index (χ1v) is 6.70. The highest BCUT2D eigenvalue weighted by Gasteiger charge is 2.12. The first-order chi connectivity index (χ1) is 8.97. The van der Waals surface area contributed by atoms with E-state index in [4.69, 9.17) is 11.6 Å². The summed E-state index contributed by atoms with van der Waals surface area (Å²) in [6.45, 7) is 3.93. The molecule has 6 heteroatoms. The van der Waals surface area contributed by atoms with Gasteiger partial charge in [-0.25, -0.2) is 9.97 Å². The molecule has 0 fully saturated rings. The van der Waals surface area contributed by atoms with Gasteiger partial charge >= 0.3 is 0 Å². The number of nitrogens with zero attached hydrogens (tertiary/aromatic N) is 2. The zero-order valence-corrected chi connectivity index (χ0v) is 12.7. The molecule has 0 radical (unpaired) electrons. The maximum absolute atomic E-state index is 12.0. The second-order valence-corrected chi connectivity index (χ2v) is 5.36. The average Bonchev–Trinajstić information content (AvgIpc) is 2.34. The van der Waals surface area contributed by atoms with Crippen LogP contribution in [0.25, 0.3) is 0 Å². The maximum Gasteiger partial charge on any atom is 0.275 e. The van der Waals surface area contributed by atoms with Gasteiger partial charge in [-0.1, -0.05) is 17.7 Å². The van der Waals surface area contributed by atoms with Gasteiger partial charge in [-0.05, 0) is 47.0 Å². The van der Waals surface area contributed by atoms with Crippen LogP contribution >= 0.6 is 27.5 Å². The van der Waals surface area contributed by atoms with Gasteiger partial charge in [-0.2, -0.15) is 0 Å². The van der Waals surface area contributed by atoms with Gasteiger partial charge in [-0.3, -0.25) is 4.79 Å². The highest BCUT2D eigenvalue weighted by Crippen LogP contribution is 2.28. The van der Waals surface area contributed by atoms with Crippen molar-refractivity contribution < 1.29 is 4.79 Å². The largest absolute Gasteiger partial charge is 0.319 e. The van der Waals surface area contributed by atoms with Crippen LogP contribution in [0.3, 0.4) is 0 Å². The van der Waals surface area contributed by atoms with Crippen LogP contribution in [0.5, 0.6) is 0 Å². The number of hydrogen-bond acceptors (Lipinski definition) is 3. The summed E-state index contributed by atoms with van der Waals surface area (Å²) < 4.78 is 0.834. The molecule has 0 unspecified atom stereocenters. The monoisotopic (exact) mass is 339 g/mol. The molecule has 0 bridgehead atoms. The van der Waals surface area contributed by atoms with Crippen molar-refractivity contribution in [2.45, 2.75) is 13.8 Å². The van der Waals surface area contributed by atoms with E-state index in [1.807, 2.05) is 26.0 Å². The minimum Gasteiger partial charge on any atom is -0.319 e. The molecular weight excluding hydrogens is 330 g/mol. The van der Waals surface area contributed by atoms with Gasteiger partial charge in [-0.15, -0.1) is 0 Å². The predicted octanol–water partition coefficient (Wildman–Crippen LogP) is 3.76. The number of carbonyl (C=O) groups excluding carboxylic acids is 1. The van der Waals surface area contributed by atoms with Gasteiger partial charge in [0, 0.05) is 4.47 Å². The van der Waals surface area contributed by atoms with Crippen LogP contribution in [-0.2, 0) is 0 Å². The number of anilines is 1. The summed E-state index contributed by atoms with van der Waals surface area (Å²) in [5.41, 5.74) is 3.04. The number of halogens is 2. The molecular formula is C13H11BrClN3O. The van der Waals surface area contributed by atoms with E-state index in [1.165, 1.54) is 12.4 Å². The van der Waals surface area contributed by atoms with Crippen LogP contribution in [0.15, 0.2) is 29.0 Å². The predicted molar refractivity (Wildman–Crippen MR) is 78.6 cm³/mol. The first kappa shape index (κ1) is 14.0. The van der Waals surface area contributed by atoms with E-state index in [0.29, 0.717) is 0 Å². The molecule has 2 rings (SSSR count). The molecule has 1 aromatic carbocycles. The van der Waals surface area contributed by atoms with E-state index in [-0.39, 0.29) is 16.8 Å². The van der Waals surface area contributed by atoms with Gasteiger partial charge in [0.25, 0.3) is 5.91 Å². The van der Waals surface area contributed by atoms with Crippen LogP contribution in [-0.4, -0.2) is 15.9 Å². The molecule has 1 aromatic heterocycles. The fourth-order valence-corrected chi connectivity index (χ4v) is 2.55. The Kier molecular flexibility index (Phi) is 4.17. The highest BCUT2D eigenvalue weighted by atomic mass is 79.9. The van der Waals surface area contributed by atoms with Crippen molar-refractivity contribution in [1.82, 2.24) is 9.97 Å². The normalized spacial score (nSPS) is 10.3. The van der Waals surface area contributed by atoms with E-state index in [2.05, 4.69) is 31.2 Å². The smallest absolute Gasteiger partial charge is 0.275 e. The van der Waals surface area contributed by atoms with Gasteiger partial charge in [0.2, 0.25) is 0 Å². The molecule has 0 aliphatic heterocycles. The molecule has 0 aliphatic carbocycles. The molecule has 0 aliphatic rings. The summed E-state index contributed by atoms with van der Waals surface area (Å²) in [6, 6.07) is 3.93. The standard InChI is InChI=1S/C13H11BrClN3O/c1-7-3-8(2)12(9(14)4-7)18-13(19)10-5-17-11(15)6-16-10/h3-6H,1-2H3,(H,18,19). The minimum absolute atomic E-state index is 0.219. The number of benzene rings is 1. The number of rotatable bonds is 2. The van der Waals surface area contributed by atoms with Crippen molar-refractivity contribution in [3.8, 4) is 0 Å². The second kappa shape index (κ2) is 5.67.